The van der Waals surface area contributed by atoms with E-state index in [-0.39, 0.29) is 6.61 Å². The molecule has 0 unspecified atom stereocenters. The number of aliphatic hydroxyl groups is 1. The molecule has 1 aromatic rings. The lowest BCUT2D eigenvalue weighted by Gasteiger charge is -1.88. The van der Waals surface area contributed by atoms with Gasteiger partial charge in [-0.15, -0.1) is 5.92 Å². The van der Waals surface area contributed by atoms with Crippen molar-refractivity contribution < 1.29 is 9.52 Å². The average Bonchev–Trinajstić information content (AvgIpc) is 2.45. The number of rotatable bonds is 2. The van der Waals surface area contributed by atoms with Gasteiger partial charge in [-0.2, -0.15) is 0 Å². The predicted octanol–water partition coefficient (Wildman–Crippen LogP) is 1.52. The monoisotopic (exact) mass is 164 g/mol. The second-order valence-corrected chi connectivity index (χ2v) is 2.52. The molecule has 0 amide bonds. The van der Waals surface area contributed by atoms with Crippen molar-refractivity contribution in [1.29, 1.82) is 0 Å². The molecule has 0 aliphatic rings. The summed E-state index contributed by atoms with van der Waals surface area (Å²) in [5, 5.41) is 8.37. The molecule has 0 aliphatic carbocycles. The first-order chi connectivity index (χ1) is 5.83. The van der Waals surface area contributed by atoms with E-state index in [9.17, 15) is 0 Å². The van der Waals surface area contributed by atoms with Crippen LogP contribution < -0.4 is 0 Å². The third-order valence-corrected chi connectivity index (χ3v) is 1.50. The largest absolute Gasteiger partial charge is 0.466 e. The lowest BCUT2D eigenvalue weighted by molar-refractivity contribution is 0.350. The van der Waals surface area contributed by atoms with Gasteiger partial charge in [0, 0.05) is 12.8 Å². The Labute approximate surface area is 72.2 Å². The van der Waals surface area contributed by atoms with E-state index in [1.807, 2.05) is 19.1 Å². The van der Waals surface area contributed by atoms with Gasteiger partial charge in [-0.05, 0) is 19.1 Å². The zero-order valence-electron chi connectivity index (χ0n) is 7.13. The van der Waals surface area contributed by atoms with Crippen LogP contribution in [0.25, 0.3) is 0 Å². The highest BCUT2D eigenvalue weighted by Gasteiger charge is 1.95. The molecule has 0 saturated carbocycles. The molecule has 2 nitrogen and oxygen atoms in total. The van der Waals surface area contributed by atoms with E-state index in [0.29, 0.717) is 0 Å². The molecule has 1 heterocycles. The second kappa shape index (κ2) is 4.63. The summed E-state index contributed by atoms with van der Waals surface area (Å²) in [6.45, 7) is 1.86. The highest BCUT2D eigenvalue weighted by atomic mass is 16.3. The van der Waals surface area contributed by atoms with Crippen molar-refractivity contribution in [2.75, 3.05) is 6.61 Å². The number of hydrogen-bond acceptors (Lipinski definition) is 2. The molecule has 0 aliphatic heterocycles. The standard InChI is InChI=1S/C10H12O2/c1-9-6-7-10(12-9)5-3-2-4-8-11/h6-7,11H,3,5,8H2,1H3. The number of aryl methyl sites for hydroxylation is 2. The van der Waals surface area contributed by atoms with E-state index in [2.05, 4.69) is 11.8 Å². The van der Waals surface area contributed by atoms with Crippen LogP contribution in [-0.2, 0) is 6.42 Å². The quantitative estimate of drug-likeness (QED) is 0.672. The first-order valence-electron chi connectivity index (χ1n) is 3.95. The van der Waals surface area contributed by atoms with Gasteiger partial charge < -0.3 is 9.52 Å². The van der Waals surface area contributed by atoms with Gasteiger partial charge in [-0.1, -0.05) is 5.92 Å². The normalized spacial score (nSPS) is 9.17. The van der Waals surface area contributed by atoms with Gasteiger partial charge >= 0.3 is 0 Å². The zero-order chi connectivity index (χ0) is 8.81. The summed E-state index contributed by atoms with van der Waals surface area (Å²) in [5.74, 6) is 7.31. The van der Waals surface area contributed by atoms with Crippen LogP contribution in [0.3, 0.4) is 0 Å². The Kier molecular flexibility index (Phi) is 3.43. The first kappa shape index (κ1) is 8.89. The summed E-state index contributed by atoms with van der Waals surface area (Å²) in [5.41, 5.74) is 0. The van der Waals surface area contributed by atoms with Crippen molar-refractivity contribution in [3.05, 3.63) is 23.7 Å². The first-order valence-corrected chi connectivity index (χ1v) is 3.95. The van der Waals surface area contributed by atoms with Gasteiger partial charge in [0.05, 0.1) is 0 Å². The minimum atomic E-state index is -0.0584. The Morgan fingerprint density at radius 2 is 2.25 bits per heavy atom. The molecule has 0 radical (unpaired) electrons. The van der Waals surface area contributed by atoms with Crippen LogP contribution in [-0.4, -0.2) is 11.7 Å². The van der Waals surface area contributed by atoms with Gasteiger partial charge in [-0.3, -0.25) is 0 Å². The maximum Gasteiger partial charge on any atom is 0.105 e. The molecule has 0 bridgehead atoms. The molecule has 1 aromatic heterocycles. The molecule has 64 valence electrons. The van der Waals surface area contributed by atoms with Crippen LogP contribution in [0.15, 0.2) is 16.5 Å². The van der Waals surface area contributed by atoms with E-state index in [1.54, 1.807) is 0 Å². The Hall–Kier alpha value is -1.20. The van der Waals surface area contributed by atoms with Gasteiger partial charge in [0.25, 0.3) is 0 Å². The van der Waals surface area contributed by atoms with Crippen LogP contribution in [0.2, 0.25) is 0 Å². The topological polar surface area (TPSA) is 33.4 Å². The molecule has 1 N–H and O–H groups in total. The van der Waals surface area contributed by atoms with Crippen molar-refractivity contribution in [1.82, 2.24) is 0 Å². The molecule has 0 atom stereocenters. The van der Waals surface area contributed by atoms with Crippen molar-refractivity contribution >= 4 is 0 Å². The molecule has 2 heteroatoms. The van der Waals surface area contributed by atoms with Crippen molar-refractivity contribution in [3.63, 3.8) is 0 Å². The Morgan fingerprint density at radius 3 is 2.83 bits per heavy atom. The molecule has 12 heavy (non-hydrogen) atoms. The van der Waals surface area contributed by atoms with Crippen molar-refractivity contribution in [3.8, 4) is 11.8 Å². The lowest BCUT2D eigenvalue weighted by atomic mass is 10.2. The molecule has 0 fully saturated rings. The fourth-order valence-electron chi connectivity index (χ4n) is 0.949. The SMILES string of the molecule is Cc1ccc(CCC#CCO)o1. The summed E-state index contributed by atoms with van der Waals surface area (Å²) < 4.78 is 5.33. The highest BCUT2D eigenvalue weighted by molar-refractivity contribution is 5.08. The van der Waals surface area contributed by atoms with E-state index in [4.69, 9.17) is 9.52 Å². The molecular formula is C10H12O2. The van der Waals surface area contributed by atoms with E-state index >= 15 is 0 Å². The van der Waals surface area contributed by atoms with E-state index < -0.39 is 0 Å². The molecule has 0 saturated heterocycles. The van der Waals surface area contributed by atoms with E-state index in [1.165, 1.54) is 0 Å². The van der Waals surface area contributed by atoms with Crippen LogP contribution >= 0.6 is 0 Å². The van der Waals surface area contributed by atoms with Gasteiger partial charge in [0.1, 0.15) is 18.1 Å². The number of aliphatic hydroxyl groups excluding tert-OH is 1. The van der Waals surface area contributed by atoms with Crippen LogP contribution in [0.4, 0.5) is 0 Å². The summed E-state index contributed by atoms with van der Waals surface area (Å²) in [4.78, 5) is 0. The Bertz CT molecular complexity index is 288. The Balaban J connectivity index is 2.33. The smallest absolute Gasteiger partial charge is 0.105 e. The molecular weight excluding hydrogens is 152 g/mol. The van der Waals surface area contributed by atoms with Crippen LogP contribution in [0.1, 0.15) is 17.9 Å². The summed E-state index contributed by atoms with van der Waals surface area (Å²) in [7, 11) is 0. The van der Waals surface area contributed by atoms with Crippen LogP contribution in [0.5, 0.6) is 0 Å². The maximum absolute atomic E-state index is 8.37. The second-order valence-electron chi connectivity index (χ2n) is 2.52. The number of hydrogen-bond donors (Lipinski definition) is 1. The minimum absolute atomic E-state index is 0.0584. The average molecular weight is 164 g/mol. The fourth-order valence-corrected chi connectivity index (χ4v) is 0.949. The predicted molar refractivity (Wildman–Crippen MR) is 46.6 cm³/mol. The minimum Gasteiger partial charge on any atom is -0.466 e. The van der Waals surface area contributed by atoms with Crippen LogP contribution in [0, 0.1) is 18.8 Å². The summed E-state index contributed by atoms with van der Waals surface area (Å²) >= 11 is 0. The fraction of sp³-hybridized carbons (Fsp3) is 0.400. The molecule has 0 aromatic carbocycles. The molecule has 1 rings (SSSR count). The van der Waals surface area contributed by atoms with E-state index in [0.717, 1.165) is 24.4 Å². The summed E-state index contributed by atoms with van der Waals surface area (Å²) in [6, 6.07) is 3.89. The number of furan rings is 1. The summed E-state index contributed by atoms with van der Waals surface area (Å²) in [6.07, 6.45) is 1.56. The van der Waals surface area contributed by atoms with Gasteiger partial charge in [0.2, 0.25) is 0 Å². The Morgan fingerprint density at radius 1 is 1.42 bits per heavy atom. The zero-order valence-corrected chi connectivity index (χ0v) is 7.13. The third-order valence-electron chi connectivity index (χ3n) is 1.50. The van der Waals surface area contributed by atoms with Crippen molar-refractivity contribution in [2.45, 2.75) is 19.8 Å². The van der Waals surface area contributed by atoms with Gasteiger partial charge in [-0.25, -0.2) is 0 Å². The molecule has 0 spiro atoms. The lowest BCUT2D eigenvalue weighted by Crippen LogP contribution is -1.79. The highest BCUT2D eigenvalue weighted by Crippen LogP contribution is 2.07. The van der Waals surface area contributed by atoms with Crippen molar-refractivity contribution in [2.24, 2.45) is 0 Å². The maximum atomic E-state index is 8.37. The third kappa shape index (κ3) is 2.81. The van der Waals surface area contributed by atoms with Gasteiger partial charge in [0.15, 0.2) is 0 Å².